The number of rotatable bonds is 7. The molecule has 7 nitrogen and oxygen atoms in total. The fourth-order valence-electron chi connectivity index (χ4n) is 5.30. The van der Waals surface area contributed by atoms with Crippen molar-refractivity contribution in [3.63, 3.8) is 0 Å². The fourth-order valence-corrected chi connectivity index (χ4v) is 5.30. The summed E-state index contributed by atoms with van der Waals surface area (Å²) in [6.45, 7) is 2.12. The van der Waals surface area contributed by atoms with Gasteiger partial charge < -0.3 is 19.7 Å². The molecule has 0 bridgehead atoms. The molecule has 4 atom stereocenters. The maximum Gasteiger partial charge on any atom is 0.110 e. The van der Waals surface area contributed by atoms with E-state index < -0.39 is 0 Å². The van der Waals surface area contributed by atoms with E-state index in [0.29, 0.717) is 13.2 Å². The number of anilines is 1. The van der Waals surface area contributed by atoms with Crippen LogP contribution in [0.15, 0.2) is 30.5 Å². The number of benzene rings is 1. The highest BCUT2D eigenvalue weighted by Crippen LogP contribution is 2.34. The number of fused-ring (bicyclic) bond motifs is 1. The summed E-state index contributed by atoms with van der Waals surface area (Å²) in [6.07, 6.45) is 10.1. The number of nitrogens with one attached hydrogen (secondary N) is 1. The van der Waals surface area contributed by atoms with Crippen molar-refractivity contribution in [1.29, 1.82) is 0 Å². The van der Waals surface area contributed by atoms with Gasteiger partial charge in [0.1, 0.15) is 18.2 Å². The minimum Gasteiger partial charge on any atom is -0.378 e. The van der Waals surface area contributed by atoms with E-state index in [0.717, 1.165) is 24.6 Å². The van der Waals surface area contributed by atoms with Crippen molar-refractivity contribution in [2.75, 3.05) is 32.2 Å². The summed E-state index contributed by atoms with van der Waals surface area (Å²) in [4.78, 5) is 2.11. The molecule has 3 heterocycles. The van der Waals surface area contributed by atoms with Gasteiger partial charge in [-0.15, -0.1) is 5.10 Å². The Bertz CT molecular complexity index is 846. The Balaban J connectivity index is 1.15. The largest absolute Gasteiger partial charge is 0.378 e. The van der Waals surface area contributed by atoms with Gasteiger partial charge in [-0.25, -0.2) is 4.68 Å². The molecule has 1 aromatic heterocycles. The zero-order valence-electron chi connectivity index (χ0n) is 18.7. The molecule has 0 radical (unpaired) electrons. The summed E-state index contributed by atoms with van der Waals surface area (Å²) in [5, 5.41) is 12.6. The Kier molecular flexibility index (Phi) is 6.25. The first-order chi connectivity index (χ1) is 15.2. The minimum absolute atomic E-state index is 0.0397. The minimum atomic E-state index is 0.0397. The zero-order valence-corrected chi connectivity index (χ0v) is 18.7. The smallest absolute Gasteiger partial charge is 0.110 e. The molecule has 0 unspecified atom stereocenters. The van der Waals surface area contributed by atoms with Crippen LogP contribution in [0.2, 0.25) is 0 Å². The molecule has 2 aromatic rings. The van der Waals surface area contributed by atoms with Gasteiger partial charge in [0.2, 0.25) is 0 Å². The van der Waals surface area contributed by atoms with Crippen LogP contribution in [0.1, 0.15) is 49.4 Å². The highest BCUT2D eigenvalue weighted by molar-refractivity contribution is 5.45. The molecular formula is C24H35N5O2. The highest BCUT2D eigenvalue weighted by Gasteiger charge is 2.48. The summed E-state index contributed by atoms with van der Waals surface area (Å²) in [6, 6.07) is 8.98. The lowest BCUT2D eigenvalue weighted by Crippen LogP contribution is -2.40. The van der Waals surface area contributed by atoms with E-state index in [9.17, 15) is 0 Å². The lowest BCUT2D eigenvalue weighted by Gasteiger charge is -2.20. The first kappa shape index (κ1) is 20.9. The van der Waals surface area contributed by atoms with Gasteiger partial charge in [-0.2, -0.15) is 0 Å². The van der Waals surface area contributed by atoms with Gasteiger partial charge in [0, 0.05) is 32.5 Å². The van der Waals surface area contributed by atoms with E-state index in [1.54, 1.807) is 0 Å². The number of aromatic nitrogens is 3. The molecule has 168 valence electrons. The van der Waals surface area contributed by atoms with Gasteiger partial charge in [0.25, 0.3) is 0 Å². The molecular weight excluding hydrogens is 390 g/mol. The molecule has 1 aliphatic carbocycles. The number of hydrogen-bond donors (Lipinski definition) is 1. The van der Waals surface area contributed by atoms with E-state index in [-0.39, 0.29) is 24.3 Å². The zero-order chi connectivity index (χ0) is 21.2. The van der Waals surface area contributed by atoms with Gasteiger partial charge in [-0.05, 0) is 30.0 Å². The van der Waals surface area contributed by atoms with Crippen LogP contribution in [0.3, 0.4) is 0 Å². The van der Waals surface area contributed by atoms with Gasteiger partial charge in [-0.1, -0.05) is 49.5 Å². The lowest BCUT2D eigenvalue weighted by atomic mass is 9.86. The SMILES string of the molecule is CN(C)c1ccc(CN[C@@H]2CO[C@@H]3[C@@H]2OC[C@@H]3n2cc(CC3CCCCC3)nn2)cc1. The van der Waals surface area contributed by atoms with Crippen LogP contribution >= 0.6 is 0 Å². The van der Waals surface area contributed by atoms with Crippen LogP contribution in [0.4, 0.5) is 5.69 Å². The topological polar surface area (TPSA) is 64.4 Å². The summed E-state index contributed by atoms with van der Waals surface area (Å²) in [7, 11) is 4.12. The van der Waals surface area contributed by atoms with Crippen LogP contribution in [0.5, 0.6) is 0 Å². The molecule has 2 aliphatic heterocycles. The third-order valence-electron chi connectivity index (χ3n) is 7.17. The molecule has 1 saturated carbocycles. The van der Waals surface area contributed by atoms with E-state index in [1.807, 2.05) is 4.68 Å². The second kappa shape index (κ2) is 9.27. The first-order valence-electron chi connectivity index (χ1n) is 11.8. The molecule has 3 fully saturated rings. The normalized spacial score (nSPS) is 28.7. The van der Waals surface area contributed by atoms with Crippen molar-refractivity contribution >= 4 is 5.69 Å². The third-order valence-corrected chi connectivity index (χ3v) is 7.17. The van der Waals surface area contributed by atoms with Crippen LogP contribution in [-0.2, 0) is 22.4 Å². The summed E-state index contributed by atoms with van der Waals surface area (Å²) < 4.78 is 14.3. The molecule has 0 amide bonds. The molecule has 1 aromatic carbocycles. The molecule has 5 rings (SSSR count). The van der Waals surface area contributed by atoms with E-state index in [4.69, 9.17) is 9.47 Å². The van der Waals surface area contributed by atoms with Crippen molar-refractivity contribution in [3.8, 4) is 0 Å². The van der Waals surface area contributed by atoms with E-state index in [2.05, 4.69) is 65.1 Å². The summed E-state index contributed by atoms with van der Waals surface area (Å²) >= 11 is 0. The second-order valence-corrected chi connectivity index (χ2v) is 9.61. The molecule has 7 heteroatoms. The molecule has 3 aliphatic rings. The predicted octanol–water partition coefficient (Wildman–Crippen LogP) is 2.96. The maximum absolute atomic E-state index is 6.17. The summed E-state index contributed by atoms with van der Waals surface area (Å²) in [5.41, 5.74) is 3.60. The van der Waals surface area contributed by atoms with Crippen molar-refractivity contribution in [2.45, 2.75) is 69.4 Å². The van der Waals surface area contributed by atoms with Gasteiger partial charge >= 0.3 is 0 Å². The van der Waals surface area contributed by atoms with Crippen molar-refractivity contribution < 1.29 is 9.47 Å². The average Bonchev–Trinajstić information content (AvgIpc) is 3.50. The van der Waals surface area contributed by atoms with E-state index in [1.165, 1.54) is 43.4 Å². The van der Waals surface area contributed by atoms with Crippen LogP contribution in [0.25, 0.3) is 0 Å². The van der Waals surface area contributed by atoms with Gasteiger partial charge in [0.05, 0.1) is 24.9 Å². The van der Waals surface area contributed by atoms with Crippen molar-refractivity contribution in [1.82, 2.24) is 20.3 Å². The monoisotopic (exact) mass is 425 g/mol. The Hall–Kier alpha value is -1.96. The fraction of sp³-hybridized carbons (Fsp3) is 0.667. The summed E-state index contributed by atoms with van der Waals surface area (Å²) in [5.74, 6) is 0.773. The third kappa shape index (κ3) is 4.64. The van der Waals surface area contributed by atoms with Crippen molar-refractivity contribution in [3.05, 3.63) is 41.7 Å². The van der Waals surface area contributed by atoms with Gasteiger partial charge in [0.15, 0.2) is 0 Å². The Morgan fingerprint density at radius 2 is 1.81 bits per heavy atom. The maximum atomic E-state index is 6.17. The number of ether oxygens (including phenoxy) is 2. The highest BCUT2D eigenvalue weighted by atomic mass is 16.6. The van der Waals surface area contributed by atoms with Crippen molar-refractivity contribution in [2.24, 2.45) is 5.92 Å². The van der Waals surface area contributed by atoms with Crippen LogP contribution < -0.4 is 10.2 Å². The van der Waals surface area contributed by atoms with Crippen LogP contribution in [-0.4, -0.2) is 60.6 Å². The average molecular weight is 426 g/mol. The Morgan fingerprint density at radius 1 is 1.03 bits per heavy atom. The van der Waals surface area contributed by atoms with E-state index >= 15 is 0 Å². The predicted molar refractivity (Wildman–Crippen MR) is 120 cm³/mol. The number of hydrogen-bond acceptors (Lipinski definition) is 6. The molecule has 31 heavy (non-hydrogen) atoms. The molecule has 1 N–H and O–H groups in total. The van der Waals surface area contributed by atoms with Crippen LogP contribution in [0, 0.1) is 5.92 Å². The Labute approximate surface area is 185 Å². The standard InChI is InChI=1S/C24H35N5O2/c1-28(2)20-10-8-18(9-11-20)13-25-21-15-30-24-22(16-31-23(21)24)29-14-19(26-27-29)12-17-6-4-3-5-7-17/h8-11,14,17,21-25H,3-7,12-13,15-16H2,1-2H3/t21-,22+,23-,24+/m1/s1. The quantitative estimate of drug-likeness (QED) is 0.736. The molecule has 0 spiro atoms. The Morgan fingerprint density at radius 3 is 2.58 bits per heavy atom. The molecule has 2 saturated heterocycles. The first-order valence-corrected chi connectivity index (χ1v) is 11.8. The lowest BCUT2D eigenvalue weighted by molar-refractivity contribution is 0.0619. The number of nitrogens with zero attached hydrogens (tertiary/aromatic N) is 4. The van der Waals surface area contributed by atoms with Gasteiger partial charge in [-0.3, -0.25) is 0 Å². The second-order valence-electron chi connectivity index (χ2n) is 9.61.